The maximum Gasteiger partial charge on any atom is 0.173 e. The Morgan fingerprint density at radius 3 is 2.47 bits per heavy atom. The number of aryl methyl sites for hydroxylation is 2. The largest absolute Gasteiger partial charge is 0.493 e. The number of aliphatic hydroxyl groups is 1. The second kappa shape index (κ2) is 11.9. The van der Waals surface area contributed by atoms with Crippen LogP contribution in [0.25, 0.3) is 11.0 Å². The molecule has 0 unspecified atom stereocenters. The lowest BCUT2D eigenvalue weighted by Gasteiger charge is -2.38. The fraction of sp³-hybridized carbons (Fsp3) is 0.750. The number of likely N-dealkylation sites (tertiary alicyclic amines) is 1. The van der Waals surface area contributed by atoms with E-state index in [1.165, 1.54) is 70.9 Å². The Balaban J connectivity index is 0.000000868. The zero-order valence-corrected chi connectivity index (χ0v) is 21.6. The third kappa shape index (κ3) is 6.32. The Bertz CT molecular complexity index is 894. The first kappa shape index (κ1) is 25.5. The molecule has 2 aromatic rings. The lowest BCUT2D eigenvalue weighted by atomic mass is 9.84. The molecule has 2 saturated carbocycles. The van der Waals surface area contributed by atoms with Gasteiger partial charge in [-0.05, 0) is 109 Å². The van der Waals surface area contributed by atoms with E-state index in [2.05, 4.69) is 34.4 Å². The number of ether oxygens (including phenoxy) is 1. The molecule has 6 nitrogen and oxygen atoms in total. The van der Waals surface area contributed by atoms with Crippen LogP contribution in [0.3, 0.4) is 0 Å². The Hall–Kier alpha value is -1.63. The highest BCUT2D eigenvalue weighted by Crippen LogP contribution is 2.39. The average molecular weight is 472 g/mol. The molecule has 0 bridgehead atoms. The average Bonchev–Trinajstić information content (AvgIpc) is 3.40. The summed E-state index contributed by atoms with van der Waals surface area (Å²) < 4.78 is 11.7. The lowest BCUT2D eigenvalue weighted by molar-refractivity contribution is 0.0602. The van der Waals surface area contributed by atoms with Crippen LogP contribution < -0.4 is 10.1 Å². The van der Waals surface area contributed by atoms with Crippen molar-refractivity contribution in [3.8, 4) is 5.75 Å². The van der Waals surface area contributed by atoms with Crippen LogP contribution in [0.5, 0.6) is 5.75 Å². The molecule has 5 rings (SSSR count). The van der Waals surface area contributed by atoms with Gasteiger partial charge < -0.3 is 24.6 Å². The molecule has 1 aliphatic heterocycles. The maximum atomic E-state index is 9.92. The molecule has 2 N–H and O–H groups in total. The molecule has 190 valence electrons. The van der Waals surface area contributed by atoms with Crippen molar-refractivity contribution in [1.82, 2.24) is 15.4 Å². The Labute approximate surface area is 205 Å². The number of nitrogens with one attached hydrogen (secondary N) is 1. The molecule has 2 aliphatic carbocycles. The van der Waals surface area contributed by atoms with Crippen LogP contribution in [-0.4, -0.2) is 62.1 Å². The number of hydrogen-bond acceptors (Lipinski definition) is 6. The van der Waals surface area contributed by atoms with Crippen LogP contribution in [-0.2, 0) is 6.42 Å². The summed E-state index contributed by atoms with van der Waals surface area (Å²) in [5.41, 5.74) is 3.25. The van der Waals surface area contributed by atoms with Crippen LogP contribution in [0.4, 0.5) is 0 Å². The molecule has 0 radical (unpaired) electrons. The van der Waals surface area contributed by atoms with E-state index >= 15 is 0 Å². The summed E-state index contributed by atoms with van der Waals surface area (Å²) in [6.07, 6.45) is 12.3. The first-order valence-corrected chi connectivity index (χ1v) is 13.5. The standard InChI is InChI=1S/C26H38N2O3.C2H7N/c1-19-24(30-16-21-4-5-21)9-7-22-23(27-31-25(19)22)8-6-20-10-14-28(15-11-20)17-26(18-29)12-2-3-13-26;1-3-2/h7,9,20-21,29H,2-6,8,10-18H2,1H3;3H,1-2H3. The van der Waals surface area contributed by atoms with E-state index in [0.29, 0.717) is 6.61 Å². The van der Waals surface area contributed by atoms with Gasteiger partial charge in [-0.25, -0.2) is 0 Å². The van der Waals surface area contributed by atoms with Gasteiger partial charge in [-0.3, -0.25) is 0 Å². The van der Waals surface area contributed by atoms with Gasteiger partial charge in [0.1, 0.15) is 5.75 Å². The van der Waals surface area contributed by atoms with Crippen molar-refractivity contribution >= 4 is 11.0 Å². The topological polar surface area (TPSA) is 70.8 Å². The molecule has 2 heterocycles. The normalized spacial score (nSPS) is 20.9. The summed E-state index contributed by atoms with van der Waals surface area (Å²) in [6.45, 7) is 6.71. The Morgan fingerprint density at radius 2 is 1.82 bits per heavy atom. The van der Waals surface area contributed by atoms with Gasteiger partial charge in [0.15, 0.2) is 5.58 Å². The van der Waals surface area contributed by atoms with Crippen LogP contribution in [0.2, 0.25) is 0 Å². The van der Waals surface area contributed by atoms with E-state index < -0.39 is 0 Å². The SMILES string of the molecule is CNC.Cc1c(OCC2CC2)ccc2c(CCC3CCN(CC4(CO)CCCC4)CC3)noc12. The lowest BCUT2D eigenvalue weighted by Crippen LogP contribution is -2.42. The van der Waals surface area contributed by atoms with E-state index in [4.69, 9.17) is 9.26 Å². The van der Waals surface area contributed by atoms with Crippen molar-refractivity contribution in [1.29, 1.82) is 0 Å². The van der Waals surface area contributed by atoms with E-state index in [9.17, 15) is 5.11 Å². The summed E-state index contributed by atoms with van der Waals surface area (Å²) in [6, 6.07) is 4.23. The predicted molar refractivity (Wildman–Crippen MR) is 137 cm³/mol. The van der Waals surface area contributed by atoms with Crippen LogP contribution in [0.15, 0.2) is 16.7 Å². The molecule has 1 saturated heterocycles. The first-order valence-electron chi connectivity index (χ1n) is 13.5. The number of piperidine rings is 1. The van der Waals surface area contributed by atoms with Gasteiger partial charge in [-0.1, -0.05) is 18.0 Å². The highest BCUT2D eigenvalue weighted by atomic mass is 16.5. The molecular weight excluding hydrogens is 426 g/mol. The maximum absolute atomic E-state index is 9.92. The third-order valence-corrected chi connectivity index (χ3v) is 8.14. The number of aromatic nitrogens is 1. The van der Waals surface area contributed by atoms with Gasteiger partial charge >= 0.3 is 0 Å². The number of benzene rings is 1. The second-order valence-corrected chi connectivity index (χ2v) is 11.1. The van der Waals surface area contributed by atoms with Gasteiger partial charge in [-0.15, -0.1) is 0 Å². The summed E-state index contributed by atoms with van der Waals surface area (Å²) in [5, 5.41) is 18.2. The monoisotopic (exact) mass is 471 g/mol. The predicted octanol–water partition coefficient (Wildman–Crippen LogP) is 4.96. The van der Waals surface area contributed by atoms with Gasteiger partial charge in [-0.2, -0.15) is 0 Å². The van der Waals surface area contributed by atoms with E-state index in [0.717, 1.165) is 59.4 Å². The van der Waals surface area contributed by atoms with Crippen molar-refractivity contribution in [2.24, 2.45) is 17.3 Å². The number of fused-ring (bicyclic) bond motifs is 1. The minimum Gasteiger partial charge on any atom is -0.493 e. The molecule has 3 fully saturated rings. The Morgan fingerprint density at radius 1 is 1.12 bits per heavy atom. The summed E-state index contributed by atoms with van der Waals surface area (Å²) >= 11 is 0. The molecule has 1 aromatic heterocycles. The highest BCUT2D eigenvalue weighted by molar-refractivity contribution is 5.84. The van der Waals surface area contributed by atoms with Crippen LogP contribution in [0, 0.1) is 24.2 Å². The molecule has 0 amide bonds. The van der Waals surface area contributed by atoms with Crippen molar-refractivity contribution in [3.05, 3.63) is 23.4 Å². The van der Waals surface area contributed by atoms with E-state index in [1.807, 2.05) is 14.1 Å². The molecule has 1 aromatic carbocycles. The molecule has 0 spiro atoms. The van der Waals surface area contributed by atoms with Gasteiger partial charge in [0.2, 0.25) is 0 Å². The quantitative estimate of drug-likeness (QED) is 0.539. The van der Waals surface area contributed by atoms with Crippen molar-refractivity contribution in [2.45, 2.75) is 71.1 Å². The van der Waals surface area contributed by atoms with Gasteiger partial charge in [0.25, 0.3) is 0 Å². The van der Waals surface area contributed by atoms with Gasteiger partial charge in [0.05, 0.1) is 12.3 Å². The molecule has 34 heavy (non-hydrogen) atoms. The zero-order valence-electron chi connectivity index (χ0n) is 21.6. The first-order chi connectivity index (χ1) is 16.6. The highest BCUT2D eigenvalue weighted by Gasteiger charge is 2.35. The molecule has 3 aliphatic rings. The number of hydrogen-bond donors (Lipinski definition) is 2. The summed E-state index contributed by atoms with van der Waals surface area (Å²) in [5.74, 6) is 2.45. The molecule has 6 heteroatoms. The van der Waals surface area contributed by atoms with Crippen molar-refractivity contribution in [2.75, 3.05) is 46.9 Å². The number of aliphatic hydroxyl groups excluding tert-OH is 1. The van der Waals surface area contributed by atoms with Crippen molar-refractivity contribution < 1.29 is 14.4 Å². The van der Waals surface area contributed by atoms with E-state index in [-0.39, 0.29) is 5.41 Å². The molecule has 0 atom stereocenters. The van der Waals surface area contributed by atoms with Crippen LogP contribution in [0.1, 0.15) is 69.0 Å². The fourth-order valence-corrected chi connectivity index (χ4v) is 5.74. The van der Waals surface area contributed by atoms with Gasteiger partial charge in [0, 0.05) is 29.5 Å². The minimum atomic E-state index is 0.186. The third-order valence-electron chi connectivity index (χ3n) is 8.14. The van der Waals surface area contributed by atoms with Crippen molar-refractivity contribution in [3.63, 3.8) is 0 Å². The fourth-order valence-electron chi connectivity index (χ4n) is 5.74. The number of nitrogens with zero attached hydrogens (tertiary/aromatic N) is 2. The zero-order chi connectivity index (χ0) is 24.0. The molecular formula is C28H45N3O3. The smallest absolute Gasteiger partial charge is 0.173 e. The van der Waals surface area contributed by atoms with Crippen LogP contribution >= 0.6 is 0 Å². The second-order valence-electron chi connectivity index (χ2n) is 11.1. The Kier molecular flexibility index (Phi) is 8.89. The van der Waals surface area contributed by atoms with E-state index in [1.54, 1.807) is 0 Å². The number of rotatable bonds is 9. The summed E-state index contributed by atoms with van der Waals surface area (Å²) in [7, 11) is 3.75. The minimum absolute atomic E-state index is 0.186. The summed E-state index contributed by atoms with van der Waals surface area (Å²) in [4.78, 5) is 2.61.